The van der Waals surface area contributed by atoms with Crippen LogP contribution in [0.5, 0.6) is 17.2 Å². The van der Waals surface area contributed by atoms with Crippen molar-refractivity contribution in [1.29, 1.82) is 0 Å². The first-order chi connectivity index (χ1) is 9.79. The van der Waals surface area contributed by atoms with Crippen LogP contribution in [0.1, 0.15) is 5.56 Å². The van der Waals surface area contributed by atoms with Crippen LogP contribution in [0.25, 0.3) is 0 Å². The Balaban J connectivity index is 2.34. The van der Waals surface area contributed by atoms with Crippen LogP contribution in [-0.4, -0.2) is 7.11 Å². The van der Waals surface area contributed by atoms with Crippen molar-refractivity contribution in [3.63, 3.8) is 0 Å². The summed E-state index contributed by atoms with van der Waals surface area (Å²) in [6.07, 6.45) is -4.79. The largest absolute Gasteiger partial charge is 0.497 e. The van der Waals surface area contributed by atoms with Crippen molar-refractivity contribution in [2.24, 2.45) is 0 Å². The van der Waals surface area contributed by atoms with E-state index in [0.29, 0.717) is 23.6 Å². The molecule has 0 radical (unpaired) electrons. The Morgan fingerprint density at radius 1 is 0.952 bits per heavy atom. The summed E-state index contributed by atoms with van der Waals surface area (Å²) in [6, 6.07) is 6.78. The number of ether oxygens (including phenoxy) is 2. The normalized spacial score (nSPS) is 11.3. The van der Waals surface area contributed by atoms with Crippen LogP contribution in [-0.2, 0) is 6.18 Å². The van der Waals surface area contributed by atoms with Crippen molar-refractivity contribution >= 4 is 5.69 Å². The monoisotopic (exact) mass is 301 g/mol. The molecule has 0 aliphatic heterocycles. The van der Waals surface area contributed by atoms with E-state index in [0.717, 1.165) is 6.07 Å². The van der Waals surface area contributed by atoms with E-state index >= 15 is 0 Å². The molecule has 2 aromatic rings. The summed E-state index contributed by atoms with van der Waals surface area (Å²) < 4.78 is 61.3. The van der Waals surface area contributed by atoms with Crippen LogP contribution < -0.4 is 15.2 Å². The Morgan fingerprint density at radius 2 is 1.62 bits per heavy atom. The molecule has 0 unspecified atom stereocenters. The van der Waals surface area contributed by atoms with Gasteiger partial charge < -0.3 is 15.2 Å². The molecule has 0 saturated heterocycles. The lowest BCUT2D eigenvalue weighted by Gasteiger charge is -2.12. The molecule has 0 aliphatic carbocycles. The molecule has 21 heavy (non-hydrogen) atoms. The van der Waals surface area contributed by atoms with Gasteiger partial charge in [0.15, 0.2) is 0 Å². The lowest BCUT2D eigenvalue weighted by molar-refractivity contribution is -0.140. The van der Waals surface area contributed by atoms with Crippen LogP contribution in [0.3, 0.4) is 0 Å². The van der Waals surface area contributed by atoms with Crippen molar-refractivity contribution in [1.82, 2.24) is 0 Å². The number of alkyl halides is 3. The summed E-state index contributed by atoms with van der Waals surface area (Å²) in [5.74, 6) is -0.939. The number of hydrogen-bond donors (Lipinski definition) is 1. The van der Waals surface area contributed by atoms with Gasteiger partial charge in [-0.25, -0.2) is 4.39 Å². The Labute approximate surface area is 117 Å². The molecule has 0 amide bonds. The number of halogens is 4. The van der Waals surface area contributed by atoms with Gasteiger partial charge in [-0.1, -0.05) is 0 Å². The maximum Gasteiger partial charge on any atom is 0.419 e. The third kappa shape index (κ3) is 3.56. The first-order valence-corrected chi connectivity index (χ1v) is 5.79. The highest BCUT2D eigenvalue weighted by molar-refractivity contribution is 5.51. The van der Waals surface area contributed by atoms with Gasteiger partial charge in [-0.05, 0) is 18.2 Å². The molecule has 0 aliphatic rings. The van der Waals surface area contributed by atoms with Gasteiger partial charge in [0.1, 0.15) is 23.1 Å². The van der Waals surface area contributed by atoms with Crippen LogP contribution in [0.2, 0.25) is 0 Å². The highest BCUT2D eigenvalue weighted by Crippen LogP contribution is 2.35. The average Bonchev–Trinajstić information content (AvgIpc) is 2.39. The molecule has 7 heteroatoms. The van der Waals surface area contributed by atoms with E-state index < -0.39 is 17.6 Å². The molecular weight excluding hydrogens is 290 g/mol. The van der Waals surface area contributed by atoms with Crippen LogP contribution >= 0.6 is 0 Å². The first-order valence-electron chi connectivity index (χ1n) is 5.79. The van der Waals surface area contributed by atoms with E-state index in [-0.39, 0.29) is 11.5 Å². The zero-order valence-corrected chi connectivity index (χ0v) is 10.9. The molecule has 0 spiro atoms. The van der Waals surface area contributed by atoms with Gasteiger partial charge in [-0.2, -0.15) is 13.2 Å². The minimum Gasteiger partial charge on any atom is -0.497 e. The molecule has 3 nitrogen and oxygen atoms in total. The first kappa shape index (κ1) is 15.0. The van der Waals surface area contributed by atoms with Crippen LogP contribution in [0.4, 0.5) is 23.2 Å². The predicted molar refractivity (Wildman–Crippen MR) is 68.9 cm³/mol. The Hall–Kier alpha value is -2.44. The quantitative estimate of drug-likeness (QED) is 0.681. The molecule has 112 valence electrons. The minimum atomic E-state index is -4.79. The fourth-order valence-electron chi connectivity index (χ4n) is 1.69. The third-order valence-corrected chi connectivity index (χ3v) is 2.62. The Kier molecular flexibility index (Phi) is 3.93. The van der Waals surface area contributed by atoms with E-state index in [2.05, 4.69) is 0 Å². The lowest BCUT2D eigenvalue weighted by Crippen LogP contribution is -2.08. The topological polar surface area (TPSA) is 44.5 Å². The number of nitrogens with two attached hydrogens (primary N) is 1. The van der Waals surface area contributed by atoms with Crippen molar-refractivity contribution in [2.75, 3.05) is 12.8 Å². The summed E-state index contributed by atoms with van der Waals surface area (Å²) in [5, 5.41) is 0. The SMILES string of the molecule is COc1cc(N)cc(Oc2ccc(F)c(C(F)(F)F)c2)c1. The fourth-order valence-corrected chi connectivity index (χ4v) is 1.69. The molecule has 0 saturated carbocycles. The maximum atomic E-state index is 13.2. The second-order valence-corrected chi connectivity index (χ2v) is 4.18. The highest BCUT2D eigenvalue weighted by atomic mass is 19.4. The van der Waals surface area contributed by atoms with Crippen molar-refractivity contribution in [3.8, 4) is 17.2 Å². The summed E-state index contributed by atoms with van der Waals surface area (Å²) in [6.45, 7) is 0. The molecule has 2 rings (SSSR count). The number of anilines is 1. The zero-order valence-electron chi connectivity index (χ0n) is 10.9. The molecule has 0 atom stereocenters. The van der Waals surface area contributed by atoms with E-state index in [1.807, 2.05) is 0 Å². The number of methoxy groups -OCH3 is 1. The summed E-state index contributed by atoms with van der Waals surface area (Å²) in [7, 11) is 1.41. The molecule has 2 N–H and O–H groups in total. The summed E-state index contributed by atoms with van der Waals surface area (Å²) in [4.78, 5) is 0. The predicted octanol–water partition coefficient (Wildman–Crippen LogP) is 4.23. The maximum absolute atomic E-state index is 13.2. The number of benzene rings is 2. The smallest absolute Gasteiger partial charge is 0.419 e. The number of nitrogen functional groups attached to an aromatic ring is 1. The number of hydrogen-bond acceptors (Lipinski definition) is 3. The van der Waals surface area contributed by atoms with E-state index in [4.69, 9.17) is 15.2 Å². The second-order valence-electron chi connectivity index (χ2n) is 4.18. The van der Waals surface area contributed by atoms with Gasteiger partial charge in [-0.15, -0.1) is 0 Å². The fraction of sp³-hybridized carbons (Fsp3) is 0.143. The third-order valence-electron chi connectivity index (χ3n) is 2.62. The van der Waals surface area contributed by atoms with Gasteiger partial charge in [0.05, 0.1) is 12.7 Å². The van der Waals surface area contributed by atoms with Crippen molar-refractivity contribution < 1.29 is 27.0 Å². The van der Waals surface area contributed by atoms with Crippen molar-refractivity contribution in [2.45, 2.75) is 6.18 Å². The summed E-state index contributed by atoms with van der Waals surface area (Å²) in [5.41, 5.74) is 4.54. The van der Waals surface area contributed by atoms with E-state index in [1.54, 1.807) is 0 Å². The molecule has 0 fully saturated rings. The average molecular weight is 301 g/mol. The van der Waals surface area contributed by atoms with Crippen molar-refractivity contribution in [3.05, 3.63) is 47.8 Å². The van der Waals surface area contributed by atoms with Gasteiger partial charge in [0, 0.05) is 23.9 Å². The summed E-state index contributed by atoms with van der Waals surface area (Å²) >= 11 is 0. The molecule has 0 heterocycles. The number of rotatable bonds is 3. The second kappa shape index (κ2) is 5.51. The minimum absolute atomic E-state index is 0.156. The van der Waals surface area contributed by atoms with Gasteiger partial charge in [-0.3, -0.25) is 0 Å². The molecule has 0 bridgehead atoms. The Bertz CT molecular complexity index is 656. The van der Waals surface area contributed by atoms with Crippen LogP contribution in [0, 0.1) is 5.82 Å². The molecule has 2 aromatic carbocycles. The van der Waals surface area contributed by atoms with Gasteiger partial charge in [0.2, 0.25) is 0 Å². The van der Waals surface area contributed by atoms with Gasteiger partial charge in [0.25, 0.3) is 0 Å². The highest BCUT2D eigenvalue weighted by Gasteiger charge is 2.34. The van der Waals surface area contributed by atoms with E-state index in [1.165, 1.54) is 25.3 Å². The van der Waals surface area contributed by atoms with Gasteiger partial charge >= 0.3 is 6.18 Å². The lowest BCUT2D eigenvalue weighted by atomic mass is 10.2. The standard InChI is InChI=1S/C14H11F4NO2/c1-20-10-4-8(19)5-11(6-10)21-9-2-3-13(15)12(7-9)14(16,17)18/h2-7H,19H2,1H3. The Morgan fingerprint density at radius 3 is 2.24 bits per heavy atom. The van der Waals surface area contributed by atoms with Crippen LogP contribution in [0.15, 0.2) is 36.4 Å². The zero-order chi connectivity index (χ0) is 15.6. The molecular formula is C14H11F4NO2. The van der Waals surface area contributed by atoms with E-state index in [9.17, 15) is 17.6 Å². The molecule has 0 aromatic heterocycles.